The highest BCUT2D eigenvalue weighted by atomic mass is 32.2. The van der Waals surface area contributed by atoms with E-state index in [9.17, 15) is 4.79 Å². The van der Waals surface area contributed by atoms with Crippen molar-refractivity contribution in [3.63, 3.8) is 0 Å². The van der Waals surface area contributed by atoms with E-state index in [-0.39, 0.29) is 12.1 Å². The molecule has 126 valence electrons. The van der Waals surface area contributed by atoms with Gasteiger partial charge in [0, 0.05) is 6.04 Å². The Morgan fingerprint density at radius 2 is 2.20 bits per heavy atom. The van der Waals surface area contributed by atoms with Crippen LogP contribution in [0.25, 0.3) is 10.9 Å². The number of para-hydroxylation sites is 1. The number of benzene rings is 1. The van der Waals surface area contributed by atoms with Crippen LogP contribution in [0.2, 0.25) is 0 Å². The third-order valence-electron chi connectivity index (χ3n) is 3.81. The number of hydrogen-bond acceptors (Lipinski definition) is 8. The molecule has 1 aliphatic rings. The van der Waals surface area contributed by atoms with Crippen molar-refractivity contribution < 1.29 is 0 Å². The van der Waals surface area contributed by atoms with Crippen LogP contribution in [-0.4, -0.2) is 25.8 Å². The fourth-order valence-electron chi connectivity index (χ4n) is 2.41. The van der Waals surface area contributed by atoms with Gasteiger partial charge in [0.1, 0.15) is 12.4 Å². The van der Waals surface area contributed by atoms with Crippen LogP contribution < -0.4 is 10.9 Å². The summed E-state index contributed by atoms with van der Waals surface area (Å²) >= 11 is 2.97. The van der Waals surface area contributed by atoms with Crippen LogP contribution in [0.1, 0.15) is 18.7 Å². The van der Waals surface area contributed by atoms with Gasteiger partial charge in [-0.1, -0.05) is 35.2 Å². The van der Waals surface area contributed by atoms with Crippen molar-refractivity contribution in [3.05, 3.63) is 40.4 Å². The summed E-state index contributed by atoms with van der Waals surface area (Å²) in [6, 6.07) is 9.76. The fourth-order valence-corrected chi connectivity index (χ4v) is 4.19. The predicted octanol–water partition coefficient (Wildman–Crippen LogP) is 2.64. The molecule has 0 atom stereocenters. The molecule has 1 saturated carbocycles. The molecule has 0 bridgehead atoms. The van der Waals surface area contributed by atoms with Gasteiger partial charge in [0.25, 0.3) is 5.56 Å². The number of nitriles is 1. The lowest BCUT2D eigenvalue weighted by molar-refractivity contribution is 0.730. The SMILES string of the molecule is N#CCn1c(CSc2nnc(NC3CC3)s2)nc2ccccc2c1=O. The predicted molar refractivity (Wildman–Crippen MR) is 97.7 cm³/mol. The zero-order valence-electron chi connectivity index (χ0n) is 13.2. The second kappa shape index (κ2) is 6.82. The molecule has 7 nitrogen and oxygen atoms in total. The molecule has 4 rings (SSSR count). The Balaban J connectivity index is 1.59. The zero-order valence-corrected chi connectivity index (χ0v) is 14.8. The molecule has 1 aliphatic carbocycles. The van der Waals surface area contributed by atoms with Crippen molar-refractivity contribution >= 4 is 39.1 Å². The molecule has 0 radical (unpaired) electrons. The second-order valence-electron chi connectivity index (χ2n) is 5.68. The van der Waals surface area contributed by atoms with E-state index in [0.29, 0.717) is 28.5 Å². The Bertz CT molecular complexity index is 1020. The van der Waals surface area contributed by atoms with Crippen LogP contribution >= 0.6 is 23.1 Å². The van der Waals surface area contributed by atoms with Crippen molar-refractivity contribution in [2.45, 2.75) is 35.5 Å². The molecule has 0 unspecified atom stereocenters. The van der Waals surface area contributed by atoms with Crippen molar-refractivity contribution in [1.82, 2.24) is 19.7 Å². The van der Waals surface area contributed by atoms with E-state index in [4.69, 9.17) is 5.26 Å². The average Bonchev–Trinajstić information content (AvgIpc) is 3.32. The topological polar surface area (TPSA) is 96.5 Å². The normalized spacial score (nSPS) is 13.7. The van der Waals surface area contributed by atoms with Crippen molar-refractivity contribution in [2.75, 3.05) is 5.32 Å². The van der Waals surface area contributed by atoms with Crippen LogP contribution in [0.4, 0.5) is 5.13 Å². The maximum Gasteiger partial charge on any atom is 0.262 e. The minimum atomic E-state index is -0.184. The number of fused-ring (bicyclic) bond motifs is 1. The average molecular weight is 370 g/mol. The Hall–Kier alpha value is -2.44. The van der Waals surface area contributed by atoms with Crippen molar-refractivity contribution in [2.24, 2.45) is 0 Å². The first-order chi connectivity index (χ1) is 12.2. The molecular formula is C16H14N6OS2. The first kappa shape index (κ1) is 16.1. The summed E-state index contributed by atoms with van der Waals surface area (Å²) < 4.78 is 2.24. The zero-order chi connectivity index (χ0) is 17.2. The molecule has 0 amide bonds. The van der Waals surface area contributed by atoms with Crippen molar-refractivity contribution in [1.29, 1.82) is 5.26 Å². The van der Waals surface area contributed by atoms with Gasteiger partial charge in [-0.05, 0) is 25.0 Å². The van der Waals surface area contributed by atoms with Gasteiger partial charge < -0.3 is 5.32 Å². The van der Waals surface area contributed by atoms with E-state index in [0.717, 1.165) is 9.47 Å². The third kappa shape index (κ3) is 3.50. The monoisotopic (exact) mass is 370 g/mol. The molecular weight excluding hydrogens is 356 g/mol. The number of hydrogen-bond donors (Lipinski definition) is 1. The Kier molecular flexibility index (Phi) is 4.38. The van der Waals surface area contributed by atoms with E-state index in [1.807, 2.05) is 18.2 Å². The maximum atomic E-state index is 12.6. The summed E-state index contributed by atoms with van der Waals surface area (Å²) in [6.45, 7) is -0.0167. The first-order valence-electron chi connectivity index (χ1n) is 7.83. The standard InChI is InChI=1S/C16H14N6OS2/c17-7-8-22-13(19-12-4-2-1-3-11(12)14(22)23)9-24-16-21-20-15(25-16)18-10-5-6-10/h1-4,10H,5-6,8-9H2,(H,18,20). The number of nitrogens with zero attached hydrogens (tertiary/aromatic N) is 5. The van der Waals surface area contributed by atoms with Crippen LogP contribution in [0.15, 0.2) is 33.4 Å². The van der Waals surface area contributed by atoms with Crippen LogP contribution in [0.3, 0.4) is 0 Å². The van der Waals surface area contributed by atoms with Gasteiger partial charge in [-0.15, -0.1) is 10.2 Å². The lowest BCUT2D eigenvalue weighted by Crippen LogP contribution is -2.24. The highest BCUT2D eigenvalue weighted by molar-refractivity contribution is 8.00. The van der Waals surface area contributed by atoms with Crippen molar-refractivity contribution in [3.8, 4) is 6.07 Å². The quantitative estimate of drug-likeness (QED) is 0.666. The van der Waals surface area contributed by atoms with Gasteiger partial charge in [0.05, 0.1) is 22.7 Å². The van der Waals surface area contributed by atoms with Gasteiger partial charge in [-0.25, -0.2) is 4.98 Å². The van der Waals surface area contributed by atoms with Crippen LogP contribution in [0.5, 0.6) is 0 Å². The highest BCUT2D eigenvalue weighted by Gasteiger charge is 2.22. The molecule has 0 aliphatic heterocycles. The smallest absolute Gasteiger partial charge is 0.262 e. The summed E-state index contributed by atoms with van der Waals surface area (Å²) in [6.07, 6.45) is 2.37. The highest BCUT2D eigenvalue weighted by Crippen LogP contribution is 2.31. The van der Waals surface area contributed by atoms with E-state index >= 15 is 0 Å². The number of nitrogens with one attached hydrogen (secondary N) is 1. The Morgan fingerprint density at radius 1 is 1.36 bits per heavy atom. The third-order valence-corrected chi connectivity index (χ3v) is 5.79. The summed E-state index contributed by atoms with van der Waals surface area (Å²) in [5, 5.41) is 22.0. The minimum Gasteiger partial charge on any atom is -0.357 e. The molecule has 1 fully saturated rings. The number of rotatable bonds is 6. The molecule has 3 aromatic rings. The van der Waals surface area contributed by atoms with Gasteiger partial charge in [-0.2, -0.15) is 5.26 Å². The molecule has 25 heavy (non-hydrogen) atoms. The minimum absolute atomic E-state index is 0.0167. The molecule has 1 aromatic carbocycles. The van der Waals surface area contributed by atoms with Crippen LogP contribution in [0, 0.1) is 11.3 Å². The fraction of sp³-hybridized carbons (Fsp3) is 0.312. The molecule has 2 aromatic heterocycles. The summed E-state index contributed by atoms with van der Waals surface area (Å²) in [7, 11) is 0. The number of aromatic nitrogens is 4. The van der Waals surface area contributed by atoms with Gasteiger partial charge >= 0.3 is 0 Å². The molecule has 0 spiro atoms. The van der Waals surface area contributed by atoms with Gasteiger partial charge in [0.15, 0.2) is 4.34 Å². The molecule has 9 heteroatoms. The molecule has 2 heterocycles. The maximum absolute atomic E-state index is 12.6. The Labute approximate surface area is 151 Å². The second-order valence-corrected chi connectivity index (χ2v) is 7.87. The molecule has 1 N–H and O–H groups in total. The lowest BCUT2D eigenvalue weighted by atomic mass is 10.2. The van der Waals surface area contributed by atoms with E-state index in [2.05, 4.69) is 20.5 Å². The number of thioether (sulfide) groups is 1. The first-order valence-corrected chi connectivity index (χ1v) is 9.63. The van der Waals surface area contributed by atoms with Gasteiger partial charge in [-0.3, -0.25) is 9.36 Å². The van der Waals surface area contributed by atoms with Gasteiger partial charge in [0.2, 0.25) is 5.13 Å². The molecule has 0 saturated heterocycles. The number of anilines is 1. The van der Waals surface area contributed by atoms with E-state index < -0.39 is 0 Å². The summed E-state index contributed by atoms with van der Waals surface area (Å²) in [5.41, 5.74) is 0.460. The largest absolute Gasteiger partial charge is 0.357 e. The van der Waals surface area contributed by atoms with E-state index in [1.54, 1.807) is 12.1 Å². The van der Waals surface area contributed by atoms with E-state index in [1.165, 1.54) is 40.5 Å². The summed E-state index contributed by atoms with van der Waals surface area (Å²) in [4.78, 5) is 17.2. The Morgan fingerprint density at radius 3 is 3.00 bits per heavy atom. The lowest BCUT2D eigenvalue weighted by Gasteiger charge is -2.09. The summed E-state index contributed by atoms with van der Waals surface area (Å²) in [5.74, 6) is 1.03. The van der Waals surface area contributed by atoms with Crippen LogP contribution in [-0.2, 0) is 12.3 Å².